The lowest BCUT2D eigenvalue weighted by Gasteiger charge is -2.37. The van der Waals surface area contributed by atoms with Gasteiger partial charge in [0, 0.05) is 19.7 Å². The molecule has 0 aromatic rings. The van der Waals surface area contributed by atoms with Crippen molar-refractivity contribution in [2.45, 2.75) is 32.2 Å². The van der Waals surface area contributed by atoms with Crippen LogP contribution in [-0.2, 0) is 4.74 Å². The average Bonchev–Trinajstić information content (AvgIpc) is 3.13. The van der Waals surface area contributed by atoms with E-state index in [1.807, 2.05) is 6.92 Å². The van der Waals surface area contributed by atoms with Crippen LogP contribution in [0.25, 0.3) is 0 Å². The van der Waals surface area contributed by atoms with Crippen LogP contribution in [0.4, 0.5) is 0 Å². The molecule has 0 saturated heterocycles. The van der Waals surface area contributed by atoms with Gasteiger partial charge in [-0.3, -0.25) is 0 Å². The minimum absolute atomic E-state index is 0.101. The van der Waals surface area contributed by atoms with Crippen LogP contribution in [0, 0.1) is 5.92 Å². The fourth-order valence-electron chi connectivity index (χ4n) is 2.48. The first-order valence-electron chi connectivity index (χ1n) is 6.80. The number of likely N-dealkylation sites (N-methyl/N-ethyl adjacent to an activating group) is 2. The van der Waals surface area contributed by atoms with Crippen molar-refractivity contribution < 1.29 is 9.84 Å². The van der Waals surface area contributed by atoms with E-state index in [2.05, 4.69) is 24.2 Å². The second kappa shape index (κ2) is 7.31. The summed E-state index contributed by atoms with van der Waals surface area (Å²) in [6.45, 7) is 8.62. The quantitative estimate of drug-likeness (QED) is 0.556. The van der Waals surface area contributed by atoms with Gasteiger partial charge in [0.15, 0.2) is 0 Å². The molecule has 0 aromatic heterocycles. The van der Waals surface area contributed by atoms with Gasteiger partial charge in [-0.15, -0.1) is 0 Å². The predicted octanol–water partition coefficient (Wildman–Crippen LogP) is 0.705. The zero-order valence-corrected chi connectivity index (χ0v) is 11.5. The zero-order chi connectivity index (χ0) is 12.7. The van der Waals surface area contributed by atoms with Crippen molar-refractivity contribution >= 4 is 0 Å². The van der Waals surface area contributed by atoms with Crippen LogP contribution in [-0.4, -0.2) is 62.0 Å². The van der Waals surface area contributed by atoms with E-state index in [1.165, 1.54) is 12.8 Å². The lowest BCUT2D eigenvalue weighted by molar-refractivity contribution is 0.0775. The first kappa shape index (κ1) is 14.9. The molecule has 0 spiro atoms. The van der Waals surface area contributed by atoms with E-state index < -0.39 is 0 Å². The SMILES string of the molecule is CCNC(CO)(CN(C)CCOCC)C1CC1. The molecule has 0 radical (unpaired) electrons. The van der Waals surface area contributed by atoms with E-state index >= 15 is 0 Å². The minimum Gasteiger partial charge on any atom is -0.394 e. The van der Waals surface area contributed by atoms with Gasteiger partial charge < -0.3 is 20.1 Å². The van der Waals surface area contributed by atoms with Gasteiger partial charge in [0.2, 0.25) is 0 Å². The summed E-state index contributed by atoms with van der Waals surface area (Å²) in [5.74, 6) is 0.641. The second-order valence-corrected chi connectivity index (χ2v) is 5.05. The smallest absolute Gasteiger partial charge is 0.0628 e. The fraction of sp³-hybridized carbons (Fsp3) is 1.00. The fourth-order valence-corrected chi connectivity index (χ4v) is 2.48. The summed E-state index contributed by atoms with van der Waals surface area (Å²) in [5.41, 5.74) is -0.101. The van der Waals surface area contributed by atoms with E-state index in [1.54, 1.807) is 0 Å². The molecule has 17 heavy (non-hydrogen) atoms. The van der Waals surface area contributed by atoms with Crippen LogP contribution in [0.15, 0.2) is 0 Å². The summed E-state index contributed by atoms with van der Waals surface area (Å²) in [7, 11) is 2.10. The van der Waals surface area contributed by atoms with E-state index in [0.29, 0.717) is 5.92 Å². The van der Waals surface area contributed by atoms with Crippen LogP contribution in [0.2, 0.25) is 0 Å². The molecule has 1 rings (SSSR count). The van der Waals surface area contributed by atoms with E-state index in [-0.39, 0.29) is 12.1 Å². The van der Waals surface area contributed by atoms with Gasteiger partial charge in [-0.05, 0) is 39.3 Å². The second-order valence-electron chi connectivity index (χ2n) is 5.05. The Hall–Kier alpha value is -0.160. The number of aliphatic hydroxyl groups excluding tert-OH is 1. The maximum absolute atomic E-state index is 9.72. The highest BCUT2D eigenvalue weighted by atomic mass is 16.5. The third kappa shape index (κ3) is 4.54. The van der Waals surface area contributed by atoms with E-state index in [4.69, 9.17) is 4.74 Å². The molecule has 0 aromatic carbocycles. The summed E-state index contributed by atoms with van der Waals surface area (Å²) < 4.78 is 5.36. The van der Waals surface area contributed by atoms with Gasteiger partial charge in [-0.25, -0.2) is 0 Å². The van der Waals surface area contributed by atoms with E-state index in [0.717, 1.165) is 32.8 Å². The number of ether oxygens (including phenoxy) is 1. The summed E-state index contributed by atoms with van der Waals surface area (Å²) in [6, 6.07) is 0. The van der Waals surface area contributed by atoms with Gasteiger partial charge in [0.05, 0.1) is 18.8 Å². The summed E-state index contributed by atoms with van der Waals surface area (Å²) in [6.07, 6.45) is 2.49. The van der Waals surface area contributed by atoms with Gasteiger partial charge >= 0.3 is 0 Å². The van der Waals surface area contributed by atoms with Gasteiger partial charge in [-0.1, -0.05) is 6.92 Å². The molecule has 0 amide bonds. The van der Waals surface area contributed by atoms with Crippen LogP contribution in [0.1, 0.15) is 26.7 Å². The van der Waals surface area contributed by atoms with Crippen molar-refractivity contribution in [2.24, 2.45) is 5.92 Å². The van der Waals surface area contributed by atoms with Crippen molar-refractivity contribution in [1.82, 2.24) is 10.2 Å². The van der Waals surface area contributed by atoms with Crippen molar-refractivity contribution in [2.75, 3.05) is 46.5 Å². The third-order valence-corrected chi connectivity index (χ3v) is 3.54. The Morgan fingerprint density at radius 3 is 2.59 bits per heavy atom. The Bertz CT molecular complexity index is 210. The molecule has 0 aliphatic heterocycles. The molecule has 1 fully saturated rings. The molecule has 1 atom stereocenters. The van der Waals surface area contributed by atoms with Crippen LogP contribution < -0.4 is 5.32 Å². The monoisotopic (exact) mass is 244 g/mol. The number of hydrogen-bond donors (Lipinski definition) is 2. The summed E-state index contributed by atoms with van der Waals surface area (Å²) >= 11 is 0. The minimum atomic E-state index is -0.101. The van der Waals surface area contributed by atoms with Crippen molar-refractivity contribution in [1.29, 1.82) is 0 Å². The van der Waals surface area contributed by atoms with Crippen LogP contribution >= 0.6 is 0 Å². The van der Waals surface area contributed by atoms with Crippen LogP contribution in [0.3, 0.4) is 0 Å². The molecule has 102 valence electrons. The largest absolute Gasteiger partial charge is 0.394 e. The maximum atomic E-state index is 9.72. The first-order chi connectivity index (χ1) is 8.18. The Morgan fingerprint density at radius 2 is 2.12 bits per heavy atom. The molecule has 1 saturated carbocycles. The van der Waals surface area contributed by atoms with Gasteiger partial charge in [0.25, 0.3) is 0 Å². The Morgan fingerprint density at radius 1 is 1.41 bits per heavy atom. The highest BCUT2D eigenvalue weighted by Gasteiger charge is 2.44. The number of nitrogens with zero attached hydrogens (tertiary/aromatic N) is 1. The van der Waals surface area contributed by atoms with Gasteiger partial charge in [-0.2, -0.15) is 0 Å². The Labute approximate surface area is 105 Å². The molecule has 1 unspecified atom stereocenters. The zero-order valence-electron chi connectivity index (χ0n) is 11.5. The lowest BCUT2D eigenvalue weighted by Crippen LogP contribution is -2.57. The molecule has 0 heterocycles. The molecular formula is C13H28N2O2. The highest BCUT2D eigenvalue weighted by molar-refractivity contribution is 5.02. The van der Waals surface area contributed by atoms with Crippen molar-refractivity contribution in [3.63, 3.8) is 0 Å². The normalized spacial score (nSPS) is 19.6. The number of hydrogen-bond acceptors (Lipinski definition) is 4. The third-order valence-electron chi connectivity index (χ3n) is 3.54. The average molecular weight is 244 g/mol. The Kier molecular flexibility index (Phi) is 6.41. The predicted molar refractivity (Wildman–Crippen MR) is 70.2 cm³/mol. The molecule has 4 nitrogen and oxygen atoms in total. The first-order valence-corrected chi connectivity index (χ1v) is 6.80. The lowest BCUT2D eigenvalue weighted by atomic mass is 9.93. The molecule has 4 heteroatoms. The number of aliphatic hydroxyl groups is 1. The number of rotatable bonds is 10. The van der Waals surface area contributed by atoms with Crippen LogP contribution in [0.5, 0.6) is 0 Å². The van der Waals surface area contributed by atoms with Crippen molar-refractivity contribution in [3.05, 3.63) is 0 Å². The molecule has 2 N–H and O–H groups in total. The summed E-state index contributed by atoms with van der Waals surface area (Å²) in [4.78, 5) is 2.26. The topological polar surface area (TPSA) is 44.7 Å². The molecule has 0 bridgehead atoms. The maximum Gasteiger partial charge on any atom is 0.0628 e. The highest BCUT2D eigenvalue weighted by Crippen LogP contribution is 2.39. The standard InChI is InChI=1S/C13H28N2O2/c1-4-14-13(11-16,12-6-7-12)10-15(3)8-9-17-5-2/h12,14,16H,4-11H2,1-3H3. The Balaban J connectivity index is 2.41. The molecule has 1 aliphatic carbocycles. The van der Waals surface area contributed by atoms with Gasteiger partial charge in [0.1, 0.15) is 0 Å². The number of nitrogens with one attached hydrogen (secondary N) is 1. The molecule has 1 aliphatic rings. The van der Waals surface area contributed by atoms with Crippen molar-refractivity contribution in [3.8, 4) is 0 Å². The molecular weight excluding hydrogens is 216 g/mol. The van der Waals surface area contributed by atoms with E-state index in [9.17, 15) is 5.11 Å². The summed E-state index contributed by atoms with van der Waals surface area (Å²) in [5, 5.41) is 13.2.